The summed E-state index contributed by atoms with van der Waals surface area (Å²) in [7, 11) is 1.57. The molecule has 0 atom stereocenters. The number of hydrogen-bond donors (Lipinski definition) is 1. The molecular weight excluding hydrogens is 393 g/mol. The van der Waals surface area contributed by atoms with E-state index >= 15 is 0 Å². The van der Waals surface area contributed by atoms with Crippen LogP contribution in [0.3, 0.4) is 0 Å². The second-order valence-electron chi connectivity index (χ2n) is 5.91. The van der Waals surface area contributed by atoms with E-state index in [1.54, 1.807) is 48.9 Å². The molecule has 3 aromatic rings. The number of ether oxygens (including phenoxy) is 1. The highest BCUT2D eigenvalue weighted by atomic mass is 32.1. The summed E-state index contributed by atoms with van der Waals surface area (Å²) in [6.45, 7) is 1.34. The summed E-state index contributed by atoms with van der Waals surface area (Å²) in [5, 5.41) is 4.73. The second kappa shape index (κ2) is 9.11. The van der Waals surface area contributed by atoms with Gasteiger partial charge in [-0.25, -0.2) is 9.37 Å². The second-order valence-corrected chi connectivity index (χ2v) is 6.75. The standard InChI is InChI=1S/C21H18FN3O3S/c1-14(26)25(19-6-4-3-5-18(19)22)21-24-16(13-29-21)9-12-20(27)23-15-7-10-17(28-2)11-8-15/h3-13H,1-2H3,(H,23,27)/b12-9+. The number of amides is 2. The van der Waals surface area contributed by atoms with E-state index in [4.69, 9.17) is 4.74 Å². The summed E-state index contributed by atoms with van der Waals surface area (Å²) in [6.07, 6.45) is 2.86. The van der Waals surface area contributed by atoms with Crippen molar-refractivity contribution in [2.24, 2.45) is 0 Å². The summed E-state index contributed by atoms with van der Waals surface area (Å²) in [5.74, 6) is -0.522. The fourth-order valence-corrected chi connectivity index (χ4v) is 3.36. The lowest BCUT2D eigenvalue weighted by molar-refractivity contribution is -0.116. The van der Waals surface area contributed by atoms with Crippen LogP contribution in [0.2, 0.25) is 0 Å². The Hall–Kier alpha value is -3.52. The summed E-state index contributed by atoms with van der Waals surface area (Å²) in [6, 6.07) is 12.9. The lowest BCUT2D eigenvalue weighted by Crippen LogP contribution is -2.23. The topological polar surface area (TPSA) is 71.5 Å². The molecule has 1 N–H and O–H groups in total. The van der Waals surface area contributed by atoms with Crippen LogP contribution >= 0.6 is 11.3 Å². The number of halogens is 1. The molecule has 2 amide bonds. The van der Waals surface area contributed by atoms with Crippen molar-refractivity contribution in [3.63, 3.8) is 0 Å². The molecule has 0 saturated heterocycles. The third-order valence-electron chi connectivity index (χ3n) is 3.87. The number of hydrogen-bond acceptors (Lipinski definition) is 5. The zero-order chi connectivity index (χ0) is 20.8. The van der Waals surface area contributed by atoms with Crippen molar-refractivity contribution in [1.29, 1.82) is 0 Å². The predicted molar refractivity (Wildman–Crippen MR) is 112 cm³/mol. The number of carbonyl (C=O) groups is 2. The maximum absolute atomic E-state index is 14.1. The molecule has 0 aliphatic rings. The van der Waals surface area contributed by atoms with Gasteiger partial charge in [0.2, 0.25) is 11.8 Å². The summed E-state index contributed by atoms with van der Waals surface area (Å²) in [4.78, 5) is 29.7. The Kier molecular flexibility index (Phi) is 6.36. The van der Waals surface area contributed by atoms with E-state index in [9.17, 15) is 14.0 Å². The first-order chi connectivity index (χ1) is 14.0. The number of para-hydroxylation sites is 1. The fraction of sp³-hybridized carbons (Fsp3) is 0.0952. The number of thiazole rings is 1. The molecule has 0 saturated carbocycles. The highest BCUT2D eigenvalue weighted by Gasteiger charge is 2.20. The third-order valence-corrected chi connectivity index (χ3v) is 4.72. The Balaban J connectivity index is 1.72. The monoisotopic (exact) mass is 411 g/mol. The molecule has 0 aliphatic heterocycles. The van der Waals surface area contributed by atoms with Crippen LogP contribution in [0.5, 0.6) is 5.75 Å². The maximum Gasteiger partial charge on any atom is 0.248 e. The zero-order valence-electron chi connectivity index (χ0n) is 15.8. The number of nitrogens with zero attached hydrogens (tertiary/aromatic N) is 2. The van der Waals surface area contributed by atoms with Gasteiger partial charge in [0.15, 0.2) is 5.13 Å². The minimum absolute atomic E-state index is 0.127. The largest absolute Gasteiger partial charge is 0.497 e. The van der Waals surface area contributed by atoms with E-state index in [0.29, 0.717) is 22.3 Å². The SMILES string of the molecule is COc1ccc(NC(=O)/C=C/c2csc(N(C(C)=O)c3ccccc3F)n2)cc1. The van der Waals surface area contributed by atoms with Gasteiger partial charge in [0.25, 0.3) is 0 Å². The van der Waals surface area contributed by atoms with Crippen molar-refractivity contribution >= 4 is 45.7 Å². The number of rotatable bonds is 6. The minimum atomic E-state index is -0.520. The lowest BCUT2D eigenvalue weighted by atomic mass is 10.3. The molecule has 0 radical (unpaired) electrons. The Labute approximate surface area is 171 Å². The van der Waals surface area contributed by atoms with Crippen molar-refractivity contribution in [2.45, 2.75) is 6.92 Å². The number of nitrogens with one attached hydrogen (secondary N) is 1. The molecule has 1 heterocycles. The van der Waals surface area contributed by atoms with Gasteiger partial charge in [0.1, 0.15) is 11.6 Å². The number of carbonyl (C=O) groups excluding carboxylic acids is 2. The van der Waals surface area contributed by atoms with Gasteiger partial charge in [-0.1, -0.05) is 12.1 Å². The van der Waals surface area contributed by atoms with Crippen LogP contribution in [0.1, 0.15) is 12.6 Å². The molecule has 1 aromatic heterocycles. The van der Waals surface area contributed by atoms with Crippen LogP contribution in [-0.2, 0) is 9.59 Å². The number of aromatic nitrogens is 1. The first-order valence-electron chi connectivity index (χ1n) is 8.62. The van der Waals surface area contributed by atoms with E-state index < -0.39 is 5.82 Å². The van der Waals surface area contributed by atoms with Gasteiger partial charge in [0.05, 0.1) is 18.5 Å². The van der Waals surface area contributed by atoms with E-state index in [-0.39, 0.29) is 17.5 Å². The molecule has 0 spiro atoms. The Bertz CT molecular complexity index is 1050. The highest BCUT2D eigenvalue weighted by molar-refractivity contribution is 7.14. The zero-order valence-corrected chi connectivity index (χ0v) is 16.6. The van der Waals surface area contributed by atoms with Gasteiger partial charge < -0.3 is 10.1 Å². The van der Waals surface area contributed by atoms with Crippen LogP contribution in [0.4, 0.5) is 20.9 Å². The van der Waals surface area contributed by atoms with Crippen molar-refractivity contribution < 1.29 is 18.7 Å². The first kappa shape index (κ1) is 20.2. The van der Waals surface area contributed by atoms with Gasteiger partial charge >= 0.3 is 0 Å². The summed E-state index contributed by atoms with van der Waals surface area (Å²) >= 11 is 1.18. The van der Waals surface area contributed by atoms with Crippen molar-refractivity contribution in [2.75, 3.05) is 17.3 Å². The Morgan fingerprint density at radius 2 is 1.90 bits per heavy atom. The van der Waals surface area contributed by atoms with Gasteiger partial charge in [-0.05, 0) is 42.5 Å². The van der Waals surface area contributed by atoms with E-state index in [0.717, 1.165) is 0 Å². The first-order valence-corrected chi connectivity index (χ1v) is 9.50. The van der Waals surface area contributed by atoms with Gasteiger partial charge in [0, 0.05) is 24.1 Å². The van der Waals surface area contributed by atoms with Gasteiger partial charge in [-0.3, -0.25) is 14.5 Å². The molecule has 148 valence electrons. The van der Waals surface area contributed by atoms with E-state index in [1.165, 1.54) is 47.4 Å². The van der Waals surface area contributed by atoms with Crippen LogP contribution in [0, 0.1) is 5.82 Å². The molecule has 8 heteroatoms. The Morgan fingerprint density at radius 3 is 2.55 bits per heavy atom. The number of benzene rings is 2. The maximum atomic E-state index is 14.1. The van der Waals surface area contributed by atoms with Crippen LogP contribution < -0.4 is 15.0 Å². The third kappa shape index (κ3) is 5.05. The molecule has 3 rings (SSSR count). The molecular formula is C21H18FN3O3S. The highest BCUT2D eigenvalue weighted by Crippen LogP contribution is 2.31. The summed E-state index contributed by atoms with van der Waals surface area (Å²) < 4.78 is 19.2. The average Bonchev–Trinajstić information content (AvgIpc) is 3.17. The van der Waals surface area contributed by atoms with E-state index in [1.807, 2.05) is 0 Å². The molecule has 2 aromatic carbocycles. The van der Waals surface area contributed by atoms with Crippen molar-refractivity contribution in [3.05, 3.63) is 71.5 Å². The fourth-order valence-electron chi connectivity index (χ4n) is 2.52. The Morgan fingerprint density at radius 1 is 1.17 bits per heavy atom. The number of anilines is 3. The molecule has 0 aliphatic carbocycles. The van der Waals surface area contributed by atoms with Crippen molar-refractivity contribution in [1.82, 2.24) is 4.98 Å². The minimum Gasteiger partial charge on any atom is -0.497 e. The lowest BCUT2D eigenvalue weighted by Gasteiger charge is -2.18. The smallest absolute Gasteiger partial charge is 0.248 e. The summed E-state index contributed by atoms with van der Waals surface area (Å²) in [5.41, 5.74) is 1.24. The average molecular weight is 411 g/mol. The van der Waals surface area contributed by atoms with Gasteiger partial charge in [-0.15, -0.1) is 11.3 Å². The number of methoxy groups -OCH3 is 1. The van der Waals surface area contributed by atoms with E-state index in [2.05, 4.69) is 10.3 Å². The predicted octanol–water partition coefficient (Wildman–Crippen LogP) is 4.63. The van der Waals surface area contributed by atoms with Crippen molar-refractivity contribution in [3.8, 4) is 5.75 Å². The molecule has 0 bridgehead atoms. The van der Waals surface area contributed by atoms with Gasteiger partial charge in [-0.2, -0.15) is 0 Å². The molecule has 0 unspecified atom stereocenters. The van der Waals surface area contributed by atoms with Crippen LogP contribution in [0.25, 0.3) is 6.08 Å². The quantitative estimate of drug-likeness (QED) is 0.601. The molecule has 0 fully saturated rings. The van der Waals surface area contributed by atoms with Crippen LogP contribution in [-0.4, -0.2) is 23.9 Å². The molecule has 6 nitrogen and oxygen atoms in total. The normalized spacial score (nSPS) is 10.7. The van der Waals surface area contributed by atoms with Crippen LogP contribution in [0.15, 0.2) is 60.0 Å². The molecule has 29 heavy (non-hydrogen) atoms.